The first-order valence-electron chi connectivity index (χ1n) is 5.44. The van der Waals surface area contributed by atoms with Crippen molar-refractivity contribution in [1.29, 1.82) is 0 Å². The number of benzene rings is 1. The molecule has 1 aliphatic rings. The molecule has 0 aromatic heterocycles. The number of Topliss-reactive ketones (excluding diaryl/α,β-unsaturated/α-hetero) is 1. The van der Waals surface area contributed by atoms with Gasteiger partial charge in [-0.1, -0.05) is 0 Å². The second-order valence-electron chi connectivity index (χ2n) is 4.34. The summed E-state index contributed by atoms with van der Waals surface area (Å²) in [6.45, 7) is 5.15. The number of carbonyl (C=O) groups is 2. The van der Waals surface area contributed by atoms with Gasteiger partial charge in [-0.25, -0.2) is 0 Å². The van der Waals surface area contributed by atoms with Gasteiger partial charge < -0.3 is 4.90 Å². The Morgan fingerprint density at radius 2 is 2.00 bits per heavy atom. The van der Waals surface area contributed by atoms with Crippen molar-refractivity contribution in [3.8, 4) is 0 Å². The average molecular weight is 217 g/mol. The fourth-order valence-electron chi connectivity index (χ4n) is 2.33. The minimum Gasteiger partial charge on any atom is -0.309 e. The molecule has 1 atom stereocenters. The van der Waals surface area contributed by atoms with Crippen molar-refractivity contribution in [2.24, 2.45) is 0 Å². The number of fused-ring (bicyclic) bond motifs is 1. The fourth-order valence-corrected chi connectivity index (χ4v) is 2.33. The van der Waals surface area contributed by atoms with Crippen LogP contribution in [-0.2, 0) is 11.2 Å². The van der Waals surface area contributed by atoms with Crippen LogP contribution in [0.4, 0.5) is 5.69 Å². The third kappa shape index (κ3) is 1.62. The van der Waals surface area contributed by atoms with E-state index in [1.807, 2.05) is 19.1 Å². The summed E-state index contributed by atoms with van der Waals surface area (Å²) >= 11 is 0. The molecule has 1 aliphatic heterocycles. The molecule has 1 amide bonds. The molecule has 0 N–H and O–H groups in total. The van der Waals surface area contributed by atoms with Crippen molar-refractivity contribution in [3.63, 3.8) is 0 Å². The Kier molecular flexibility index (Phi) is 2.54. The minimum absolute atomic E-state index is 0.0572. The molecule has 0 radical (unpaired) electrons. The van der Waals surface area contributed by atoms with Crippen molar-refractivity contribution < 1.29 is 9.59 Å². The summed E-state index contributed by atoms with van der Waals surface area (Å²) in [7, 11) is 0. The summed E-state index contributed by atoms with van der Waals surface area (Å²) in [6, 6.07) is 5.75. The smallest absolute Gasteiger partial charge is 0.224 e. The SMILES string of the molecule is CC(=O)c1ccc2c(c1)CC(C)N2C(C)=O. The van der Waals surface area contributed by atoms with Gasteiger partial charge in [0.05, 0.1) is 0 Å². The zero-order valence-electron chi connectivity index (χ0n) is 9.78. The molecule has 84 valence electrons. The van der Waals surface area contributed by atoms with E-state index < -0.39 is 0 Å². The second kappa shape index (κ2) is 3.74. The molecule has 0 aliphatic carbocycles. The van der Waals surface area contributed by atoms with Crippen LogP contribution >= 0.6 is 0 Å². The Balaban J connectivity index is 2.46. The summed E-state index contributed by atoms with van der Waals surface area (Å²) in [6.07, 6.45) is 0.829. The first kappa shape index (κ1) is 10.9. The van der Waals surface area contributed by atoms with Crippen LogP contribution in [0, 0.1) is 0 Å². The lowest BCUT2D eigenvalue weighted by molar-refractivity contribution is -0.116. The highest BCUT2D eigenvalue weighted by atomic mass is 16.2. The van der Waals surface area contributed by atoms with Gasteiger partial charge >= 0.3 is 0 Å². The number of amides is 1. The van der Waals surface area contributed by atoms with Gasteiger partial charge in [-0.2, -0.15) is 0 Å². The van der Waals surface area contributed by atoms with E-state index in [1.54, 1.807) is 24.8 Å². The lowest BCUT2D eigenvalue weighted by atomic mass is 10.1. The Morgan fingerprint density at radius 3 is 2.56 bits per heavy atom. The minimum atomic E-state index is 0.0572. The predicted octanol–water partition coefficient (Wildman–Crippen LogP) is 2.19. The van der Waals surface area contributed by atoms with Crippen molar-refractivity contribution >= 4 is 17.4 Å². The average Bonchev–Trinajstić information content (AvgIpc) is 2.51. The van der Waals surface area contributed by atoms with Crippen molar-refractivity contribution in [2.75, 3.05) is 4.90 Å². The van der Waals surface area contributed by atoms with Crippen LogP contribution in [0.2, 0.25) is 0 Å². The highest BCUT2D eigenvalue weighted by Crippen LogP contribution is 2.32. The van der Waals surface area contributed by atoms with Crippen LogP contribution in [0.1, 0.15) is 36.7 Å². The maximum absolute atomic E-state index is 11.5. The molecule has 3 nitrogen and oxygen atoms in total. The fraction of sp³-hybridized carbons (Fsp3) is 0.385. The van der Waals surface area contributed by atoms with Crippen LogP contribution in [0.5, 0.6) is 0 Å². The van der Waals surface area contributed by atoms with Crippen molar-refractivity contribution in [2.45, 2.75) is 33.2 Å². The Morgan fingerprint density at radius 1 is 1.31 bits per heavy atom. The molecule has 2 rings (SSSR count). The molecule has 0 saturated heterocycles. The van der Waals surface area contributed by atoms with E-state index in [-0.39, 0.29) is 17.7 Å². The molecule has 1 aromatic carbocycles. The first-order valence-corrected chi connectivity index (χ1v) is 5.44. The van der Waals surface area contributed by atoms with Crippen LogP contribution in [0.3, 0.4) is 0 Å². The lowest BCUT2D eigenvalue weighted by Crippen LogP contribution is -2.33. The molecule has 0 fully saturated rings. The van der Waals surface area contributed by atoms with E-state index in [0.29, 0.717) is 0 Å². The summed E-state index contributed by atoms with van der Waals surface area (Å²) in [4.78, 5) is 24.5. The molecule has 0 spiro atoms. The van der Waals surface area contributed by atoms with Crippen LogP contribution in [0.15, 0.2) is 18.2 Å². The van der Waals surface area contributed by atoms with Gasteiger partial charge in [-0.05, 0) is 44.0 Å². The normalized spacial score (nSPS) is 18.4. The summed E-state index contributed by atoms with van der Waals surface area (Å²) < 4.78 is 0. The third-order valence-corrected chi connectivity index (χ3v) is 3.04. The van der Waals surface area contributed by atoms with Gasteiger partial charge in [0.2, 0.25) is 5.91 Å². The lowest BCUT2D eigenvalue weighted by Gasteiger charge is -2.20. The molecule has 1 unspecified atom stereocenters. The van der Waals surface area contributed by atoms with E-state index in [0.717, 1.165) is 23.2 Å². The van der Waals surface area contributed by atoms with Gasteiger partial charge in [-0.3, -0.25) is 9.59 Å². The Bertz CT molecular complexity index is 465. The van der Waals surface area contributed by atoms with Crippen molar-refractivity contribution in [1.82, 2.24) is 0 Å². The van der Waals surface area contributed by atoms with Gasteiger partial charge in [0.15, 0.2) is 5.78 Å². The molecule has 3 heteroatoms. The number of hydrogen-bond donors (Lipinski definition) is 0. The highest BCUT2D eigenvalue weighted by molar-refractivity contribution is 5.98. The second-order valence-corrected chi connectivity index (χ2v) is 4.34. The monoisotopic (exact) mass is 217 g/mol. The van der Waals surface area contributed by atoms with Crippen LogP contribution in [0.25, 0.3) is 0 Å². The maximum atomic E-state index is 11.5. The molecule has 0 saturated carbocycles. The van der Waals surface area contributed by atoms with E-state index in [9.17, 15) is 9.59 Å². The molecule has 1 aromatic rings. The third-order valence-electron chi connectivity index (χ3n) is 3.04. The molecule has 16 heavy (non-hydrogen) atoms. The van der Waals surface area contributed by atoms with E-state index >= 15 is 0 Å². The van der Waals surface area contributed by atoms with Crippen LogP contribution < -0.4 is 4.90 Å². The van der Waals surface area contributed by atoms with E-state index in [4.69, 9.17) is 0 Å². The van der Waals surface area contributed by atoms with E-state index in [2.05, 4.69) is 0 Å². The van der Waals surface area contributed by atoms with Crippen LogP contribution in [-0.4, -0.2) is 17.7 Å². The largest absolute Gasteiger partial charge is 0.309 e. The molecular formula is C13H15NO2. The zero-order valence-corrected chi connectivity index (χ0v) is 9.78. The number of hydrogen-bond acceptors (Lipinski definition) is 2. The van der Waals surface area contributed by atoms with E-state index in [1.165, 1.54) is 0 Å². The zero-order chi connectivity index (χ0) is 11.9. The number of anilines is 1. The van der Waals surface area contributed by atoms with Gasteiger partial charge in [0, 0.05) is 24.2 Å². The Labute approximate surface area is 95.1 Å². The number of carbonyl (C=O) groups excluding carboxylic acids is 2. The summed E-state index contributed by atoms with van der Waals surface area (Å²) in [5.41, 5.74) is 2.76. The summed E-state index contributed by atoms with van der Waals surface area (Å²) in [5.74, 6) is 0.124. The number of rotatable bonds is 1. The molecule has 0 bridgehead atoms. The van der Waals surface area contributed by atoms with Crippen molar-refractivity contribution in [3.05, 3.63) is 29.3 Å². The highest BCUT2D eigenvalue weighted by Gasteiger charge is 2.28. The number of nitrogens with zero attached hydrogens (tertiary/aromatic N) is 1. The molecule has 1 heterocycles. The van der Waals surface area contributed by atoms with Gasteiger partial charge in [-0.15, -0.1) is 0 Å². The Hall–Kier alpha value is -1.64. The van der Waals surface area contributed by atoms with Gasteiger partial charge in [0.1, 0.15) is 0 Å². The topological polar surface area (TPSA) is 37.4 Å². The predicted molar refractivity (Wildman–Crippen MR) is 62.8 cm³/mol. The van der Waals surface area contributed by atoms with Gasteiger partial charge in [0.25, 0.3) is 0 Å². The summed E-state index contributed by atoms with van der Waals surface area (Å²) in [5, 5.41) is 0. The quantitative estimate of drug-likeness (QED) is 0.676. The molecular weight excluding hydrogens is 202 g/mol. The number of ketones is 1. The first-order chi connectivity index (χ1) is 7.50. The standard InChI is InChI=1S/C13H15NO2/c1-8-6-12-7-11(9(2)15)4-5-13(12)14(8)10(3)16/h4-5,7-8H,6H2,1-3H3. The maximum Gasteiger partial charge on any atom is 0.224 e.